The van der Waals surface area contributed by atoms with Gasteiger partial charge >= 0.3 is 5.97 Å². The molecule has 0 fully saturated rings. The van der Waals surface area contributed by atoms with Crippen LogP contribution in [0.25, 0.3) is 0 Å². The number of esters is 1. The lowest BCUT2D eigenvalue weighted by Crippen LogP contribution is -2.48. The molecule has 2 aromatic rings. The minimum atomic E-state index is -2.41. The van der Waals surface area contributed by atoms with Gasteiger partial charge in [0.15, 0.2) is 12.4 Å². The molecule has 2 heterocycles. The maximum Gasteiger partial charge on any atom is 0.339 e. The van der Waals surface area contributed by atoms with Crippen LogP contribution in [0.3, 0.4) is 0 Å². The number of amides is 2. The van der Waals surface area contributed by atoms with Gasteiger partial charge in [0.05, 0.1) is 19.2 Å². The summed E-state index contributed by atoms with van der Waals surface area (Å²) < 4.78 is 23.2. The highest BCUT2D eigenvalue weighted by Crippen LogP contribution is 2.47. The minimum absolute atomic E-state index is 0.101. The zero-order chi connectivity index (χ0) is 29.8. The molecule has 0 saturated carbocycles. The van der Waals surface area contributed by atoms with Crippen molar-refractivity contribution in [2.24, 2.45) is 5.92 Å². The van der Waals surface area contributed by atoms with E-state index >= 15 is 0 Å². The van der Waals surface area contributed by atoms with Gasteiger partial charge < -0.3 is 29.1 Å². The number of benzene rings is 1. The second-order valence-electron chi connectivity index (χ2n) is 11.2. The van der Waals surface area contributed by atoms with Crippen molar-refractivity contribution in [3.63, 3.8) is 0 Å². The molecule has 1 atom stereocenters. The lowest BCUT2D eigenvalue weighted by Gasteiger charge is -2.43. The lowest BCUT2D eigenvalue weighted by atomic mass is 9.99. The Kier molecular flexibility index (Phi) is 9.93. The maximum absolute atomic E-state index is 13.5. The van der Waals surface area contributed by atoms with E-state index in [-0.39, 0.29) is 17.5 Å². The van der Waals surface area contributed by atoms with Crippen LogP contribution in [-0.4, -0.2) is 62.3 Å². The van der Waals surface area contributed by atoms with Crippen LogP contribution in [0.2, 0.25) is 18.1 Å². The van der Waals surface area contributed by atoms with Crippen molar-refractivity contribution in [2.75, 3.05) is 26.0 Å². The standard InChI is InChI=1S/C27H40N4O7SSi/c1-15(2)27(5,6)40(8,9)38-21-10-20(35-7)16(3)24-18(21)13-39-14-19(25-29-17(4)31-37-25)30-22(32)11-28-23(33)12-36-26(24)34/h10,15,19H,11-14H2,1-9H3,(H,28,33)(H,30,32)/t19-/m0/s1. The molecule has 1 aromatic heterocycles. The van der Waals surface area contributed by atoms with Gasteiger partial charge in [-0.15, -0.1) is 0 Å². The topological polar surface area (TPSA) is 142 Å². The van der Waals surface area contributed by atoms with Crippen molar-refractivity contribution in [3.8, 4) is 11.5 Å². The van der Waals surface area contributed by atoms with E-state index in [0.717, 1.165) is 0 Å². The summed E-state index contributed by atoms with van der Waals surface area (Å²) in [4.78, 5) is 42.7. The number of carbonyl (C=O) groups is 3. The van der Waals surface area contributed by atoms with E-state index in [2.05, 4.69) is 61.6 Å². The highest BCUT2D eigenvalue weighted by molar-refractivity contribution is 7.98. The Bertz CT molecular complexity index is 1260. The molecule has 3 rings (SSSR count). The number of hydrogen-bond donors (Lipinski definition) is 2. The van der Waals surface area contributed by atoms with Gasteiger partial charge in [0.2, 0.25) is 11.8 Å². The fourth-order valence-corrected chi connectivity index (χ4v) is 7.65. The number of nitrogens with one attached hydrogen (secondary N) is 2. The third-order valence-corrected chi connectivity index (χ3v) is 13.4. The van der Waals surface area contributed by atoms with Crippen molar-refractivity contribution < 1.29 is 32.8 Å². The Balaban J connectivity index is 2.11. The second kappa shape index (κ2) is 12.6. The number of hydrogen-bond acceptors (Lipinski definition) is 10. The van der Waals surface area contributed by atoms with E-state index < -0.39 is 38.7 Å². The Morgan fingerprint density at radius 3 is 2.45 bits per heavy atom. The Morgan fingerprint density at radius 1 is 1.15 bits per heavy atom. The van der Waals surface area contributed by atoms with Gasteiger partial charge in [-0.2, -0.15) is 16.7 Å². The first kappa shape index (κ1) is 31.5. The monoisotopic (exact) mass is 592 g/mol. The van der Waals surface area contributed by atoms with Gasteiger partial charge in [0.1, 0.15) is 17.5 Å². The summed E-state index contributed by atoms with van der Waals surface area (Å²) in [5, 5.41) is 9.06. The van der Waals surface area contributed by atoms with E-state index in [4.69, 9.17) is 18.4 Å². The van der Waals surface area contributed by atoms with Crippen LogP contribution >= 0.6 is 11.8 Å². The largest absolute Gasteiger partial charge is 0.543 e. The number of aromatic nitrogens is 2. The lowest BCUT2D eigenvalue weighted by molar-refractivity contribution is -0.128. The molecule has 0 bridgehead atoms. The van der Waals surface area contributed by atoms with Gasteiger partial charge in [0, 0.05) is 28.7 Å². The highest BCUT2D eigenvalue weighted by atomic mass is 32.2. The molecule has 0 aliphatic carbocycles. The SMILES string of the molecule is COc1cc(O[Si](C)(C)C(C)(C)C(C)C)c2c(c1C)C(=O)OCC(=O)NCC(=O)N[C@H](c1nc(C)no1)CSC2. The molecular weight excluding hydrogens is 552 g/mol. The van der Waals surface area contributed by atoms with Crippen LogP contribution in [0.15, 0.2) is 10.6 Å². The summed E-state index contributed by atoms with van der Waals surface area (Å²) in [6, 6.07) is 1.22. The molecule has 0 saturated heterocycles. The van der Waals surface area contributed by atoms with Crippen molar-refractivity contribution >= 4 is 37.9 Å². The van der Waals surface area contributed by atoms with E-state index in [1.54, 1.807) is 13.8 Å². The number of aryl methyl sites for hydroxylation is 1. The Labute approximate surface area is 240 Å². The number of ether oxygens (including phenoxy) is 2. The summed E-state index contributed by atoms with van der Waals surface area (Å²) in [5.41, 5.74) is 1.52. The van der Waals surface area contributed by atoms with Crippen LogP contribution in [0.1, 0.15) is 66.9 Å². The molecule has 1 aliphatic rings. The fourth-order valence-electron chi connectivity index (χ4n) is 4.20. The number of rotatable bonds is 6. The molecule has 1 aliphatic heterocycles. The van der Waals surface area contributed by atoms with E-state index in [1.165, 1.54) is 18.9 Å². The van der Waals surface area contributed by atoms with E-state index in [0.29, 0.717) is 51.4 Å². The predicted molar refractivity (Wildman–Crippen MR) is 154 cm³/mol. The van der Waals surface area contributed by atoms with Crippen LogP contribution < -0.4 is 19.8 Å². The van der Waals surface area contributed by atoms with Crippen LogP contribution in [0, 0.1) is 19.8 Å². The normalized spacial score (nSPS) is 17.9. The van der Waals surface area contributed by atoms with Gasteiger partial charge in [-0.05, 0) is 37.9 Å². The molecule has 11 nitrogen and oxygen atoms in total. The summed E-state index contributed by atoms with van der Waals surface area (Å²) >= 11 is 1.47. The van der Waals surface area contributed by atoms with Gasteiger partial charge in [-0.1, -0.05) is 32.9 Å². The maximum atomic E-state index is 13.5. The van der Waals surface area contributed by atoms with Crippen molar-refractivity contribution in [1.82, 2.24) is 20.8 Å². The van der Waals surface area contributed by atoms with Gasteiger partial charge in [-0.25, -0.2) is 4.79 Å². The minimum Gasteiger partial charge on any atom is -0.543 e. The average Bonchev–Trinajstić information content (AvgIpc) is 3.32. The van der Waals surface area contributed by atoms with Gasteiger partial charge in [-0.3, -0.25) is 9.59 Å². The molecule has 13 heteroatoms. The number of methoxy groups -OCH3 is 1. The predicted octanol–water partition coefficient (Wildman–Crippen LogP) is 4.09. The number of cyclic esters (lactones) is 1. The molecular formula is C27H40N4O7SSi. The summed E-state index contributed by atoms with van der Waals surface area (Å²) in [6.45, 7) is 15.7. The quantitative estimate of drug-likeness (QED) is 0.372. The van der Waals surface area contributed by atoms with E-state index in [1.807, 2.05) is 6.07 Å². The summed E-state index contributed by atoms with van der Waals surface area (Å²) in [7, 11) is -0.871. The second-order valence-corrected chi connectivity index (χ2v) is 16.8. The van der Waals surface area contributed by atoms with Crippen LogP contribution in [-0.2, 0) is 20.1 Å². The molecule has 2 amide bonds. The first-order valence-electron chi connectivity index (χ1n) is 13.2. The number of carbonyl (C=O) groups excluding carboxylic acids is 3. The summed E-state index contributed by atoms with van der Waals surface area (Å²) in [5.74, 6) is 1.08. The Morgan fingerprint density at radius 2 is 1.85 bits per heavy atom. The number of thioether (sulfide) groups is 1. The zero-order valence-electron chi connectivity index (χ0n) is 24.7. The molecule has 0 radical (unpaired) electrons. The molecule has 2 N–H and O–H groups in total. The van der Waals surface area contributed by atoms with Crippen molar-refractivity contribution in [1.29, 1.82) is 0 Å². The number of nitrogens with zero attached hydrogens (tertiary/aromatic N) is 2. The van der Waals surface area contributed by atoms with Crippen molar-refractivity contribution in [3.05, 3.63) is 34.5 Å². The molecule has 0 unspecified atom stereocenters. The molecule has 40 heavy (non-hydrogen) atoms. The number of fused-ring (bicyclic) bond motifs is 1. The third kappa shape index (κ3) is 6.98. The summed E-state index contributed by atoms with van der Waals surface area (Å²) in [6.07, 6.45) is 0. The highest BCUT2D eigenvalue weighted by Gasteiger charge is 2.45. The van der Waals surface area contributed by atoms with E-state index in [9.17, 15) is 14.4 Å². The zero-order valence-corrected chi connectivity index (χ0v) is 26.5. The molecule has 1 aromatic carbocycles. The molecule has 220 valence electrons. The molecule has 0 spiro atoms. The van der Waals surface area contributed by atoms with Crippen LogP contribution in [0.4, 0.5) is 0 Å². The Hall–Kier alpha value is -3.06. The first-order chi connectivity index (χ1) is 18.7. The van der Waals surface area contributed by atoms with Gasteiger partial charge in [0.25, 0.3) is 14.2 Å². The smallest absolute Gasteiger partial charge is 0.339 e. The van der Waals surface area contributed by atoms with Crippen molar-refractivity contribution in [2.45, 2.75) is 71.5 Å². The third-order valence-electron chi connectivity index (χ3n) is 7.88. The first-order valence-corrected chi connectivity index (χ1v) is 17.2. The van der Waals surface area contributed by atoms with Crippen LogP contribution in [0.5, 0.6) is 11.5 Å². The fraction of sp³-hybridized carbons (Fsp3) is 0.593. The average molecular weight is 593 g/mol.